The van der Waals surface area contributed by atoms with Crippen LogP contribution in [0.1, 0.15) is 24.2 Å². The first-order valence-electron chi connectivity index (χ1n) is 8.45. The van der Waals surface area contributed by atoms with E-state index in [9.17, 15) is 9.59 Å². The van der Waals surface area contributed by atoms with E-state index in [1.165, 1.54) is 14.2 Å². The number of carbonyl (C=O) groups is 2. The molecule has 7 heteroatoms. The van der Waals surface area contributed by atoms with Gasteiger partial charge in [-0.05, 0) is 30.2 Å². The summed E-state index contributed by atoms with van der Waals surface area (Å²) in [6, 6.07) is 11.0. The van der Waals surface area contributed by atoms with Crippen LogP contribution in [-0.4, -0.2) is 32.1 Å². The van der Waals surface area contributed by atoms with Gasteiger partial charge in [0.2, 0.25) is 5.91 Å². The molecule has 2 rings (SSSR count). The van der Waals surface area contributed by atoms with E-state index in [-0.39, 0.29) is 11.8 Å². The molecule has 0 aliphatic heterocycles. The lowest BCUT2D eigenvalue weighted by Gasteiger charge is -2.22. The van der Waals surface area contributed by atoms with Gasteiger partial charge in [-0.1, -0.05) is 37.6 Å². The van der Waals surface area contributed by atoms with Crippen LogP contribution in [-0.2, 0) is 4.79 Å². The van der Waals surface area contributed by atoms with Crippen molar-refractivity contribution >= 4 is 29.1 Å². The van der Waals surface area contributed by atoms with Gasteiger partial charge in [0.25, 0.3) is 5.91 Å². The second kappa shape index (κ2) is 9.28. The number of hydrogen-bond donors (Lipinski definition) is 2. The van der Waals surface area contributed by atoms with E-state index in [0.717, 1.165) is 0 Å². The largest absolute Gasteiger partial charge is 0.497 e. The molecule has 1 atom stereocenters. The lowest BCUT2D eigenvalue weighted by Crippen LogP contribution is -2.47. The summed E-state index contributed by atoms with van der Waals surface area (Å²) in [7, 11) is 3.05. The summed E-state index contributed by atoms with van der Waals surface area (Å²) in [5, 5.41) is 5.88. The molecule has 2 N–H and O–H groups in total. The van der Waals surface area contributed by atoms with Gasteiger partial charge in [0.15, 0.2) is 0 Å². The summed E-state index contributed by atoms with van der Waals surface area (Å²) < 4.78 is 10.5. The van der Waals surface area contributed by atoms with Crippen LogP contribution in [0.15, 0.2) is 42.5 Å². The molecule has 27 heavy (non-hydrogen) atoms. The van der Waals surface area contributed by atoms with Crippen LogP contribution >= 0.6 is 11.6 Å². The normalized spacial score (nSPS) is 11.6. The van der Waals surface area contributed by atoms with E-state index in [4.69, 9.17) is 21.1 Å². The first-order chi connectivity index (χ1) is 12.9. The fourth-order valence-corrected chi connectivity index (χ4v) is 2.74. The van der Waals surface area contributed by atoms with Gasteiger partial charge in [-0.2, -0.15) is 0 Å². The number of hydrogen-bond acceptors (Lipinski definition) is 4. The molecule has 2 aromatic rings. The van der Waals surface area contributed by atoms with Gasteiger partial charge in [0.1, 0.15) is 17.5 Å². The van der Waals surface area contributed by atoms with Gasteiger partial charge in [-0.25, -0.2) is 0 Å². The summed E-state index contributed by atoms with van der Waals surface area (Å²) in [5.41, 5.74) is 0.774. The number of rotatable bonds is 7. The molecule has 144 valence electrons. The second-order valence-corrected chi connectivity index (χ2v) is 6.64. The average molecular weight is 391 g/mol. The monoisotopic (exact) mass is 390 g/mol. The smallest absolute Gasteiger partial charge is 0.253 e. The molecule has 0 aliphatic carbocycles. The molecule has 0 bridgehead atoms. The van der Waals surface area contributed by atoms with Crippen molar-refractivity contribution in [3.63, 3.8) is 0 Å². The maximum Gasteiger partial charge on any atom is 0.253 e. The lowest BCUT2D eigenvalue weighted by atomic mass is 10.0. The molecule has 0 saturated carbocycles. The van der Waals surface area contributed by atoms with E-state index >= 15 is 0 Å². The van der Waals surface area contributed by atoms with E-state index in [1.54, 1.807) is 42.5 Å². The maximum absolute atomic E-state index is 12.8. The summed E-state index contributed by atoms with van der Waals surface area (Å²) >= 11 is 6.07. The molecule has 0 aliphatic rings. The molecular formula is C20H23ClN2O4. The summed E-state index contributed by atoms with van der Waals surface area (Å²) in [4.78, 5) is 25.4. The van der Waals surface area contributed by atoms with Gasteiger partial charge in [-0.3, -0.25) is 9.59 Å². The number of carbonyl (C=O) groups excluding carboxylic acids is 2. The Labute approximate surface area is 163 Å². The molecule has 2 aromatic carbocycles. The summed E-state index contributed by atoms with van der Waals surface area (Å²) in [6.07, 6.45) is 0. The van der Waals surface area contributed by atoms with Gasteiger partial charge in [-0.15, -0.1) is 0 Å². The molecule has 0 aromatic heterocycles. The van der Waals surface area contributed by atoms with E-state index in [1.807, 2.05) is 13.8 Å². The number of anilines is 1. The average Bonchev–Trinajstić information content (AvgIpc) is 2.65. The van der Waals surface area contributed by atoms with Crippen molar-refractivity contribution in [1.29, 1.82) is 0 Å². The summed E-state index contributed by atoms with van der Waals surface area (Å²) in [5.74, 6) is 0.147. The van der Waals surface area contributed by atoms with Crippen molar-refractivity contribution < 1.29 is 19.1 Å². The molecule has 2 amide bonds. The molecule has 1 unspecified atom stereocenters. The van der Waals surface area contributed by atoms with E-state index in [0.29, 0.717) is 27.8 Å². The number of benzene rings is 2. The van der Waals surface area contributed by atoms with Crippen LogP contribution in [0.2, 0.25) is 5.02 Å². The van der Waals surface area contributed by atoms with Crippen LogP contribution in [0.3, 0.4) is 0 Å². The Morgan fingerprint density at radius 2 is 1.74 bits per heavy atom. The number of halogens is 1. The van der Waals surface area contributed by atoms with Crippen molar-refractivity contribution in [2.75, 3.05) is 19.5 Å². The third kappa shape index (κ3) is 5.14. The van der Waals surface area contributed by atoms with Gasteiger partial charge < -0.3 is 20.1 Å². The zero-order valence-electron chi connectivity index (χ0n) is 15.7. The Bertz CT molecular complexity index is 823. The number of nitrogens with one attached hydrogen (secondary N) is 2. The van der Waals surface area contributed by atoms with Crippen LogP contribution in [0.25, 0.3) is 0 Å². The number of amides is 2. The maximum atomic E-state index is 12.8. The van der Waals surface area contributed by atoms with E-state index < -0.39 is 11.9 Å². The van der Waals surface area contributed by atoms with Crippen molar-refractivity contribution in [3.05, 3.63) is 53.1 Å². The fraction of sp³-hybridized carbons (Fsp3) is 0.300. The minimum Gasteiger partial charge on any atom is -0.497 e. The fourth-order valence-electron chi connectivity index (χ4n) is 2.52. The Hall–Kier alpha value is -2.73. The summed E-state index contributed by atoms with van der Waals surface area (Å²) in [6.45, 7) is 3.69. The highest BCUT2D eigenvalue weighted by molar-refractivity contribution is 6.33. The Kier molecular flexibility index (Phi) is 7.07. The quantitative estimate of drug-likeness (QED) is 0.754. The first kappa shape index (κ1) is 20.6. The minimum absolute atomic E-state index is 0.145. The molecule has 0 heterocycles. The first-order valence-corrected chi connectivity index (χ1v) is 8.83. The number of ether oxygens (including phenoxy) is 2. The van der Waals surface area contributed by atoms with Crippen molar-refractivity contribution in [2.45, 2.75) is 19.9 Å². The van der Waals surface area contributed by atoms with E-state index in [2.05, 4.69) is 10.6 Å². The SMILES string of the molecule is COc1ccc(OC)c(NC(=O)C(NC(=O)c2ccccc2Cl)C(C)C)c1. The molecular weight excluding hydrogens is 368 g/mol. The highest BCUT2D eigenvalue weighted by Gasteiger charge is 2.26. The molecule has 0 saturated heterocycles. The zero-order valence-corrected chi connectivity index (χ0v) is 16.5. The third-order valence-electron chi connectivity index (χ3n) is 4.02. The van der Waals surface area contributed by atoms with Crippen molar-refractivity contribution in [3.8, 4) is 11.5 Å². The highest BCUT2D eigenvalue weighted by Crippen LogP contribution is 2.29. The Morgan fingerprint density at radius 1 is 1.04 bits per heavy atom. The van der Waals surface area contributed by atoms with Crippen molar-refractivity contribution in [1.82, 2.24) is 5.32 Å². The molecule has 0 radical (unpaired) electrons. The highest BCUT2D eigenvalue weighted by atomic mass is 35.5. The van der Waals surface area contributed by atoms with Gasteiger partial charge >= 0.3 is 0 Å². The van der Waals surface area contributed by atoms with Crippen molar-refractivity contribution in [2.24, 2.45) is 5.92 Å². The van der Waals surface area contributed by atoms with Crippen LogP contribution in [0.5, 0.6) is 11.5 Å². The lowest BCUT2D eigenvalue weighted by molar-refractivity contribution is -0.118. The standard InChI is InChI=1S/C20H23ClN2O4/c1-12(2)18(23-19(24)14-7-5-6-8-15(14)21)20(25)22-16-11-13(26-3)9-10-17(16)27-4/h5-12,18H,1-4H3,(H,22,25)(H,23,24). The number of methoxy groups -OCH3 is 2. The zero-order chi connectivity index (χ0) is 20.0. The predicted molar refractivity (Wildman–Crippen MR) is 106 cm³/mol. The predicted octanol–water partition coefficient (Wildman–Crippen LogP) is 3.75. The van der Waals surface area contributed by atoms with Crippen LogP contribution in [0, 0.1) is 5.92 Å². The second-order valence-electron chi connectivity index (χ2n) is 6.23. The minimum atomic E-state index is -0.760. The van der Waals surface area contributed by atoms with Gasteiger partial charge in [0, 0.05) is 6.07 Å². The Morgan fingerprint density at radius 3 is 2.33 bits per heavy atom. The van der Waals surface area contributed by atoms with Crippen LogP contribution in [0.4, 0.5) is 5.69 Å². The van der Waals surface area contributed by atoms with Gasteiger partial charge in [0.05, 0.1) is 30.5 Å². The topological polar surface area (TPSA) is 76.7 Å². The molecule has 6 nitrogen and oxygen atoms in total. The van der Waals surface area contributed by atoms with Crippen LogP contribution < -0.4 is 20.1 Å². The molecule has 0 fully saturated rings. The third-order valence-corrected chi connectivity index (χ3v) is 4.35. The molecule has 0 spiro atoms. The Balaban J connectivity index is 2.21.